The van der Waals surface area contributed by atoms with E-state index in [4.69, 9.17) is 15.2 Å². The monoisotopic (exact) mass is 194 g/mol. The fourth-order valence-electron chi connectivity index (χ4n) is 1.42. The van der Waals surface area contributed by atoms with Gasteiger partial charge in [0, 0.05) is 6.42 Å². The number of hydrogen-bond acceptors (Lipinski definition) is 4. The maximum atomic E-state index is 5.77. The summed E-state index contributed by atoms with van der Waals surface area (Å²) in [5.74, 6) is 1.62. The van der Waals surface area contributed by atoms with Crippen molar-refractivity contribution in [3.8, 4) is 11.5 Å². The molecule has 1 aliphatic heterocycles. The van der Waals surface area contributed by atoms with Gasteiger partial charge in [0.05, 0.1) is 6.17 Å². The second kappa shape index (κ2) is 3.86. The summed E-state index contributed by atoms with van der Waals surface area (Å²) in [6.45, 7) is 0.316. The highest BCUT2D eigenvalue weighted by Crippen LogP contribution is 2.32. The number of benzene rings is 1. The van der Waals surface area contributed by atoms with Gasteiger partial charge in [-0.2, -0.15) is 0 Å². The van der Waals surface area contributed by atoms with E-state index in [0.717, 1.165) is 23.5 Å². The highest BCUT2D eigenvalue weighted by molar-refractivity contribution is 5.44. The van der Waals surface area contributed by atoms with Crippen molar-refractivity contribution in [2.45, 2.75) is 12.6 Å². The maximum Gasteiger partial charge on any atom is 0.231 e. The van der Waals surface area contributed by atoms with Gasteiger partial charge in [-0.15, -0.1) is 0 Å². The lowest BCUT2D eigenvalue weighted by molar-refractivity contribution is 0.174. The summed E-state index contributed by atoms with van der Waals surface area (Å²) in [7, 11) is 1.84. The zero-order chi connectivity index (χ0) is 9.97. The van der Waals surface area contributed by atoms with Crippen LogP contribution in [0.15, 0.2) is 18.2 Å². The first-order valence-electron chi connectivity index (χ1n) is 4.61. The van der Waals surface area contributed by atoms with E-state index < -0.39 is 0 Å². The third kappa shape index (κ3) is 1.81. The van der Waals surface area contributed by atoms with Crippen LogP contribution in [-0.4, -0.2) is 20.0 Å². The van der Waals surface area contributed by atoms with Gasteiger partial charge in [0.25, 0.3) is 0 Å². The number of ether oxygens (including phenoxy) is 2. The molecule has 0 bridgehead atoms. The number of hydrogen-bond donors (Lipinski definition) is 2. The van der Waals surface area contributed by atoms with Crippen molar-refractivity contribution in [2.75, 3.05) is 13.8 Å². The first-order valence-corrected chi connectivity index (χ1v) is 4.61. The predicted octanol–water partition coefficient (Wildman–Crippen LogP) is 0.462. The smallest absolute Gasteiger partial charge is 0.231 e. The molecule has 0 amide bonds. The molecule has 3 N–H and O–H groups in total. The maximum absolute atomic E-state index is 5.77. The van der Waals surface area contributed by atoms with Crippen LogP contribution in [0.25, 0.3) is 0 Å². The van der Waals surface area contributed by atoms with E-state index in [0.29, 0.717) is 6.79 Å². The first-order chi connectivity index (χ1) is 6.79. The summed E-state index contributed by atoms with van der Waals surface area (Å²) in [6, 6.07) is 5.89. The average molecular weight is 194 g/mol. The van der Waals surface area contributed by atoms with Gasteiger partial charge >= 0.3 is 0 Å². The summed E-state index contributed by atoms with van der Waals surface area (Å²) < 4.78 is 10.5. The summed E-state index contributed by atoms with van der Waals surface area (Å²) in [5, 5.41) is 2.99. The number of fused-ring (bicyclic) bond motifs is 1. The minimum absolute atomic E-state index is 0.0182. The molecule has 1 heterocycles. The van der Waals surface area contributed by atoms with Crippen molar-refractivity contribution < 1.29 is 9.47 Å². The quantitative estimate of drug-likeness (QED) is 0.686. The van der Waals surface area contributed by atoms with Gasteiger partial charge in [0.1, 0.15) is 0 Å². The van der Waals surface area contributed by atoms with E-state index in [9.17, 15) is 0 Å². The Morgan fingerprint density at radius 1 is 1.43 bits per heavy atom. The molecule has 0 radical (unpaired) electrons. The van der Waals surface area contributed by atoms with E-state index in [1.165, 1.54) is 0 Å². The molecule has 0 saturated heterocycles. The SMILES string of the molecule is CN[C@H](N)Cc1ccc2c(c1)OCO2. The largest absolute Gasteiger partial charge is 0.454 e. The number of nitrogens with one attached hydrogen (secondary N) is 1. The molecule has 2 rings (SSSR count). The first kappa shape index (κ1) is 9.30. The zero-order valence-corrected chi connectivity index (χ0v) is 8.12. The molecular formula is C10H14N2O2. The summed E-state index contributed by atoms with van der Waals surface area (Å²) >= 11 is 0. The molecule has 0 fully saturated rings. The molecule has 0 aliphatic carbocycles. The van der Waals surface area contributed by atoms with Crippen LogP contribution in [0.1, 0.15) is 5.56 Å². The predicted molar refractivity (Wildman–Crippen MR) is 53.3 cm³/mol. The third-order valence-corrected chi connectivity index (χ3v) is 2.26. The number of likely N-dealkylation sites (N-methyl/N-ethyl adjacent to an activating group) is 1. The standard InChI is InChI=1S/C10H14N2O2/c1-12-10(11)5-7-2-3-8-9(4-7)14-6-13-8/h2-4,10,12H,5-6,11H2,1H3/t10-/m0/s1. The van der Waals surface area contributed by atoms with Crippen molar-refractivity contribution in [2.24, 2.45) is 5.73 Å². The Bertz CT molecular complexity index is 328. The molecule has 0 aromatic heterocycles. The van der Waals surface area contributed by atoms with Crippen LogP contribution in [0.3, 0.4) is 0 Å². The third-order valence-electron chi connectivity index (χ3n) is 2.26. The van der Waals surface area contributed by atoms with Crippen LogP contribution in [0.4, 0.5) is 0 Å². The Morgan fingerprint density at radius 2 is 2.21 bits per heavy atom. The molecule has 0 saturated carbocycles. The summed E-state index contributed by atoms with van der Waals surface area (Å²) in [6.07, 6.45) is 0.767. The molecule has 76 valence electrons. The molecule has 4 nitrogen and oxygen atoms in total. The van der Waals surface area contributed by atoms with Gasteiger partial charge in [0.2, 0.25) is 6.79 Å². The highest BCUT2D eigenvalue weighted by atomic mass is 16.7. The van der Waals surface area contributed by atoms with Gasteiger partial charge in [0.15, 0.2) is 11.5 Å². The van der Waals surface area contributed by atoms with Crippen molar-refractivity contribution in [1.82, 2.24) is 5.32 Å². The topological polar surface area (TPSA) is 56.5 Å². The van der Waals surface area contributed by atoms with E-state index in [1.807, 2.05) is 25.2 Å². The molecule has 0 unspecified atom stereocenters. The fraction of sp³-hybridized carbons (Fsp3) is 0.400. The van der Waals surface area contributed by atoms with Crippen LogP contribution in [0.2, 0.25) is 0 Å². The lowest BCUT2D eigenvalue weighted by Crippen LogP contribution is -2.36. The molecule has 1 aromatic carbocycles. The minimum atomic E-state index is -0.0182. The lowest BCUT2D eigenvalue weighted by Gasteiger charge is -2.10. The Morgan fingerprint density at radius 3 is 3.00 bits per heavy atom. The zero-order valence-electron chi connectivity index (χ0n) is 8.12. The van der Waals surface area contributed by atoms with E-state index in [1.54, 1.807) is 0 Å². The molecular weight excluding hydrogens is 180 g/mol. The van der Waals surface area contributed by atoms with Gasteiger partial charge in [-0.1, -0.05) is 6.07 Å². The van der Waals surface area contributed by atoms with E-state index in [2.05, 4.69) is 5.32 Å². The highest BCUT2D eigenvalue weighted by Gasteiger charge is 2.13. The summed E-state index contributed by atoms with van der Waals surface area (Å²) in [4.78, 5) is 0. The Balaban J connectivity index is 2.12. The molecule has 14 heavy (non-hydrogen) atoms. The second-order valence-corrected chi connectivity index (χ2v) is 3.29. The van der Waals surface area contributed by atoms with Gasteiger partial charge < -0.3 is 20.5 Å². The molecule has 4 heteroatoms. The Kier molecular flexibility index (Phi) is 2.56. The molecule has 1 aliphatic rings. The number of nitrogens with two attached hydrogens (primary N) is 1. The average Bonchev–Trinajstić information content (AvgIpc) is 2.64. The molecule has 1 aromatic rings. The van der Waals surface area contributed by atoms with Crippen LogP contribution in [0.5, 0.6) is 11.5 Å². The van der Waals surface area contributed by atoms with Crippen LogP contribution in [-0.2, 0) is 6.42 Å². The van der Waals surface area contributed by atoms with Crippen LogP contribution < -0.4 is 20.5 Å². The summed E-state index contributed by atoms with van der Waals surface area (Å²) in [5.41, 5.74) is 6.92. The normalized spacial score (nSPS) is 15.6. The van der Waals surface area contributed by atoms with Crippen molar-refractivity contribution in [1.29, 1.82) is 0 Å². The Hall–Kier alpha value is -1.26. The van der Waals surface area contributed by atoms with E-state index in [-0.39, 0.29) is 6.17 Å². The second-order valence-electron chi connectivity index (χ2n) is 3.29. The number of rotatable bonds is 3. The van der Waals surface area contributed by atoms with Crippen LogP contribution >= 0.6 is 0 Å². The lowest BCUT2D eigenvalue weighted by atomic mass is 10.1. The Labute approximate surface area is 83.0 Å². The minimum Gasteiger partial charge on any atom is -0.454 e. The van der Waals surface area contributed by atoms with Crippen LogP contribution in [0, 0.1) is 0 Å². The fourth-order valence-corrected chi connectivity index (χ4v) is 1.42. The van der Waals surface area contributed by atoms with E-state index >= 15 is 0 Å². The van der Waals surface area contributed by atoms with Crippen molar-refractivity contribution in [3.05, 3.63) is 23.8 Å². The van der Waals surface area contributed by atoms with Crippen molar-refractivity contribution in [3.63, 3.8) is 0 Å². The van der Waals surface area contributed by atoms with Gasteiger partial charge in [-0.25, -0.2) is 0 Å². The van der Waals surface area contributed by atoms with Gasteiger partial charge in [-0.3, -0.25) is 0 Å². The molecule has 0 spiro atoms. The van der Waals surface area contributed by atoms with Crippen molar-refractivity contribution >= 4 is 0 Å². The molecule has 1 atom stereocenters. The van der Waals surface area contributed by atoms with Gasteiger partial charge in [-0.05, 0) is 24.7 Å².